The molecule has 270 valence electrons. The van der Waals surface area contributed by atoms with Crippen LogP contribution in [-0.4, -0.2) is 44.3 Å². The Morgan fingerprint density at radius 2 is 0.889 bits per heavy atom. The highest BCUT2D eigenvalue weighted by Crippen LogP contribution is 2.45. The highest BCUT2D eigenvalue weighted by atomic mass is 31.2. The second-order valence-electron chi connectivity index (χ2n) is 14.4. The first kappa shape index (κ1) is 43.1. The van der Waals surface area contributed by atoms with E-state index in [2.05, 4.69) is 37.7 Å². The van der Waals surface area contributed by atoms with Crippen LogP contribution in [0.5, 0.6) is 0 Å². The van der Waals surface area contributed by atoms with E-state index in [0.717, 1.165) is 19.6 Å². The smallest absolute Gasteiger partial charge is 0.302 e. The normalized spacial score (nSPS) is 17.0. The summed E-state index contributed by atoms with van der Waals surface area (Å²) in [5, 5.41) is 3.36. The van der Waals surface area contributed by atoms with Crippen LogP contribution in [0.1, 0.15) is 201 Å². The fourth-order valence-electron chi connectivity index (χ4n) is 6.83. The zero-order valence-corrected chi connectivity index (χ0v) is 32.0. The summed E-state index contributed by atoms with van der Waals surface area (Å²) in [7, 11) is -3.37. The molecule has 2 unspecified atom stereocenters. The lowest BCUT2D eigenvalue weighted by atomic mass is 9.95. The van der Waals surface area contributed by atoms with E-state index < -0.39 is 7.75 Å². The minimum Gasteiger partial charge on any atom is -0.302 e. The minimum absolute atomic E-state index is 0.474. The standard InChI is InChI=1S/C39H81N2O3P/c1-5-9-13-17-19-24-30-38(28-22-15-11-7-3)36-43-45(42,40-32-35-41-33-26-21-27-34-41)44-37-39(29-23-16-12-8-4)31-25-20-18-14-10-6-2/h38-39H,5-37H2,1-4H3,(H,40,42). The van der Waals surface area contributed by atoms with Crippen LogP contribution in [0.25, 0.3) is 0 Å². The summed E-state index contributed by atoms with van der Waals surface area (Å²) < 4.78 is 27.1. The summed E-state index contributed by atoms with van der Waals surface area (Å²) in [6, 6.07) is 0. The van der Waals surface area contributed by atoms with Gasteiger partial charge in [-0.2, -0.15) is 0 Å². The van der Waals surface area contributed by atoms with Crippen LogP contribution in [0.3, 0.4) is 0 Å². The van der Waals surface area contributed by atoms with Crippen LogP contribution in [0.15, 0.2) is 0 Å². The molecular weight excluding hydrogens is 575 g/mol. The predicted molar refractivity (Wildman–Crippen MR) is 198 cm³/mol. The number of nitrogens with zero attached hydrogens (tertiary/aromatic N) is 1. The number of nitrogens with one attached hydrogen (secondary N) is 1. The van der Waals surface area contributed by atoms with Gasteiger partial charge in [0.05, 0.1) is 13.2 Å². The number of unbranched alkanes of at least 4 members (excludes halogenated alkanes) is 16. The highest BCUT2D eigenvalue weighted by molar-refractivity contribution is 7.51. The van der Waals surface area contributed by atoms with E-state index in [4.69, 9.17) is 9.05 Å². The SMILES string of the molecule is CCCCCCCCC(CCCCCC)COP(=O)(NCCN1CCCCC1)OCC(CCCCCC)CCCCCCCC. The molecule has 1 fully saturated rings. The van der Waals surface area contributed by atoms with Gasteiger partial charge in [-0.1, -0.05) is 163 Å². The van der Waals surface area contributed by atoms with Crippen molar-refractivity contribution in [3.05, 3.63) is 0 Å². The second kappa shape index (κ2) is 31.3. The van der Waals surface area contributed by atoms with Crippen LogP contribution in [0.2, 0.25) is 0 Å². The first-order chi connectivity index (χ1) is 22.1. The fourth-order valence-corrected chi connectivity index (χ4v) is 8.28. The maximum atomic E-state index is 14.3. The molecular formula is C39H81N2O3P. The average molecular weight is 657 g/mol. The molecule has 0 saturated carbocycles. The van der Waals surface area contributed by atoms with Gasteiger partial charge < -0.3 is 4.90 Å². The molecule has 1 saturated heterocycles. The molecule has 0 spiro atoms. The predicted octanol–water partition coefficient (Wildman–Crippen LogP) is 12.9. The summed E-state index contributed by atoms with van der Waals surface area (Å²) in [6.07, 6.45) is 34.7. The van der Waals surface area contributed by atoms with Crippen molar-refractivity contribution in [3.63, 3.8) is 0 Å². The molecule has 0 aromatic rings. The van der Waals surface area contributed by atoms with Crippen LogP contribution in [-0.2, 0) is 13.6 Å². The van der Waals surface area contributed by atoms with Crippen LogP contribution in [0, 0.1) is 11.8 Å². The number of hydrogen-bond donors (Lipinski definition) is 1. The number of rotatable bonds is 34. The second-order valence-corrected chi connectivity index (χ2v) is 16.3. The van der Waals surface area contributed by atoms with Crippen molar-refractivity contribution in [2.75, 3.05) is 39.4 Å². The maximum absolute atomic E-state index is 14.3. The van der Waals surface area contributed by atoms with Gasteiger partial charge in [-0.05, 0) is 63.5 Å². The minimum atomic E-state index is -3.37. The van der Waals surface area contributed by atoms with Crippen LogP contribution < -0.4 is 5.09 Å². The fraction of sp³-hybridized carbons (Fsp3) is 1.00. The van der Waals surface area contributed by atoms with E-state index in [1.807, 2.05) is 0 Å². The molecule has 2 atom stereocenters. The quantitative estimate of drug-likeness (QED) is 0.0552. The molecule has 45 heavy (non-hydrogen) atoms. The van der Waals surface area contributed by atoms with Crippen molar-refractivity contribution in [1.82, 2.24) is 9.99 Å². The topological polar surface area (TPSA) is 50.8 Å². The molecule has 5 nitrogen and oxygen atoms in total. The maximum Gasteiger partial charge on any atom is 0.405 e. The van der Waals surface area contributed by atoms with Gasteiger partial charge in [0.15, 0.2) is 0 Å². The molecule has 1 aliphatic heterocycles. The lowest BCUT2D eigenvalue weighted by molar-refractivity contribution is 0.138. The molecule has 1 aliphatic rings. The third-order valence-corrected chi connectivity index (χ3v) is 11.6. The summed E-state index contributed by atoms with van der Waals surface area (Å²) in [4.78, 5) is 2.50. The summed E-state index contributed by atoms with van der Waals surface area (Å²) >= 11 is 0. The Balaban J connectivity index is 2.79. The molecule has 6 heteroatoms. The number of likely N-dealkylation sites (tertiary alicyclic amines) is 1. The van der Waals surface area contributed by atoms with E-state index in [9.17, 15) is 4.57 Å². The molecule has 0 aromatic heterocycles. The van der Waals surface area contributed by atoms with E-state index in [1.54, 1.807) is 0 Å². The Morgan fingerprint density at radius 3 is 1.29 bits per heavy atom. The Morgan fingerprint density at radius 1 is 0.533 bits per heavy atom. The van der Waals surface area contributed by atoms with E-state index in [0.29, 0.717) is 31.6 Å². The van der Waals surface area contributed by atoms with Crippen molar-refractivity contribution in [3.8, 4) is 0 Å². The van der Waals surface area contributed by atoms with Crippen molar-refractivity contribution < 1.29 is 13.6 Å². The van der Waals surface area contributed by atoms with Crippen molar-refractivity contribution in [2.45, 2.75) is 201 Å². The van der Waals surface area contributed by atoms with Crippen molar-refractivity contribution in [2.24, 2.45) is 11.8 Å². The Labute approximate surface area is 283 Å². The summed E-state index contributed by atoms with van der Waals surface area (Å²) in [5.74, 6) is 0.948. The van der Waals surface area contributed by atoms with Crippen molar-refractivity contribution >= 4 is 7.75 Å². The molecule has 1 heterocycles. The molecule has 0 aromatic carbocycles. The van der Waals surface area contributed by atoms with Gasteiger partial charge in [0.25, 0.3) is 0 Å². The van der Waals surface area contributed by atoms with Crippen molar-refractivity contribution in [1.29, 1.82) is 0 Å². The van der Waals surface area contributed by atoms with Gasteiger partial charge in [-0.25, -0.2) is 9.65 Å². The van der Waals surface area contributed by atoms with E-state index >= 15 is 0 Å². The number of hydrogen-bond acceptors (Lipinski definition) is 4. The Kier molecular flexibility index (Phi) is 30.0. The lowest BCUT2D eigenvalue weighted by Crippen LogP contribution is -2.35. The third kappa shape index (κ3) is 25.7. The van der Waals surface area contributed by atoms with Gasteiger partial charge in [0.1, 0.15) is 0 Å². The van der Waals surface area contributed by atoms with Gasteiger partial charge in [0, 0.05) is 13.1 Å². The molecule has 1 rings (SSSR count). The van der Waals surface area contributed by atoms with E-state index in [-0.39, 0.29) is 0 Å². The molecule has 0 radical (unpaired) electrons. The van der Waals surface area contributed by atoms with Gasteiger partial charge in [-0.15, -0.1) is 0 Å². The lowest BCUT2D eigenvalue weighted by Gasteiger charge is -2.28. The van der Waals surface area contributed by atoms with Gasteiger partial charge >= 0.3 is 7.75 Å². The monoisotopic (exact) mass is 657 g/mol. The third-order valence-electron chi connectivity index (χ3n) is 10.0. The Bertz CT molecular complexity index is 618. The van der Waals surface area contributed by atoms with E-state index in [1.165, 1.54) is 173 Å². The summed E-state index contributed by atoms with van der Waals surface area (Å²) in [5.41, 5.74) is 0. The van der Waals surface area contributed by atoms with Crippen LogP contribution in [0.4, 0.5) is 0 Å². The molecule has 0 aliphatic carbocycles. The molecule has 0 bridgehead atoms. The van der Waals surface area contributed by atoms with Gasteiger partial charge in [-0.3, -0.25) is 9.05 Å². The number of piperidine rings is 1. The zero-order valence-electron chi connectivity index (χ0n) is 31.1. The largest absolute Gasteiger partial charge is 0.405 e. The first-order valence-electron chi connectivity index (χ1n) is 20.4. The summed E-state index contributed by atoms with van der Waals surface area (Å²) in [6.45, 7) is 14.2. The first-order valence-corrected chi connectivity index (χ1v) is 22.0. The average Bonchev–Trinajstić information content (AvgIpc) is 3.05. The molecule has 0 amide bonds. The zero-order chi connectivity index (χ0) is 32.7. The Hall–Kier alpha value is 0.0700. The highest BCUT2D eigenvalue weighted by Gasteiger charge is 2.28. The van der Waals surface area contributed by atoms with Gasteiger partial charge in [0.2, 0.25) is 0 Å². The van der Waals surface area contributed by atoms with Crippen LogP contribution >= 0.6 is 7.75 Å². The molecule has 1 N–H and O–H groups in total.